The lowest BCUT2D eigenvalue weighted by Crippen LogP contribution is -2.20. The number of para-hydroxylation sites is 2. The summed E-state index contributed by atoms with van der Waals surface area (Å²) < 4.78 is 0. The van der Waals surface area contributed by atoms with Gasteiger partial charge in [-0.1, -0.05) is 12.1 Å². The van der Waals surface area contributed by atoms with Crippen molar-refractivity contribution in [2.75, 3.05) is 11.9 Å². The first-order valence-electron chi connectivity index (χ1n) is 4.89. The highest BCUT2D eigenvalue weighted by molar-refractivity contribution is 5.75. The number of nitrogens with zero attached hydrogens (tertiary/aromatic N) is 2. The van der Waals surface area contributed by atoms with Crippen LogP contribution in [-0.4, -0.2) is 27.7 Å². The molecule has 4 nitrogen and oxygen atoms in total. The Hall–Kier alpha value is -1.68. The van der Waals surface area contributed by atoms with Crippen LogP contribution in [0.5, 0.6) is 0 Å². The molecule has 1 atom stereocenters. The molecule has 2 N–H and O–H groups in total. The first kappa shape index (κ1) is 9.86. The summed E-state index contributed by atoms with van der Waals surface area (Å²) in [7, 11) is 0. The standard InChI is InChI=1S/C11H13N3O/c1-8(7-15)13-11-6-12-9-4-2-3-5-10(9)14-11/h2-6,8,15H,7H2,1H3,(H,13,14). The van der Waals surface area contributed by atoms with Crippen LogP contribution < -0.4 is 5.32 Å². The van der Waals surface area contributed by atoms with Crippen molar-refractivity contribution in [1.82, 2.24) is 9.97 Å². The molecule has 1 aromatic carbocycles. The lowest BCUT2D eigenvalue weighted by atomic mass is 10.3. The van der Waals surface area contributed by atoms with Gasteiger partial charge in [0, 0.05) is 6.04 Å². The van der Waals surface area contributed by atoms with Gasteiger partial charge in [0.25, 0.3) is 0 Å². The summed E-state index contributed by atoms with van der Waals surface area (Å²) in [6, 6.07) is 7.68. The molecular weight excluding hydrogens is 190 g/mol. The van der Waals surface area contributed by atoms with Crippen molar-refractivity contribution in [3.05, 3.63) is 30.5 Å². The van der Waals surface area contributed by atoms with Gasteiger partial charge < -0.3 is 10.4 Å². The molecule has 0 radical (unpaired) electrons. The second kappa shape index (κ2) is 4.23. The highest BCUT2D eigenvalue weighted by Gasteiger charge is 2.02. The van der Waals surface area contributed by atoms with Crippen molar-refractivity contribution in [1.29, 1.82) is 0 Å². The monoisotopic (exact) mass is 203 g/mol. The Morgan fingerprint density at radius 3 is 2.80 bits per heavy atom. The van der Waals surface area contributed by atoms with Crippen LogP contribution in [0.3, 0.4) is 0 Å². The van der Waals surface area contributed by atoms with E-state index in [9.17, 15) is 0 Å². The number of aliphatic hydroxyl groups is 1. The topological polar surface area (TPSA) is 58.0 Å². The third-order valence-electron chi connectivity index (χ3n) is 2.12. The number of aromatic nitrogens is 2. The molecule has 1 unspecified atom stereocenters. The molecule has 78 valence electrons. The van der Waals surface area contributed by atoms with Crippen LogP contribution in [0.2, 0.25) is 0 Å². The number of anilines is 1. The first-order chi connectivity index (χ1) is 7.29. The van der Waals surface area contributed by atoms with E-state index in [1.807, 2.05) is 31.2 Å². The second-order valence-electron chi connectivity index (χ2n) is 3.47. The van der Waals surface area contributed by atoms with Crippen LogP contribution in [-0.2, 0) is 0 Å². The summed E-state index contributed by atoms with van der Waals surface area (Å²) in [5.74, 6) is 0.690. The van der Waals surface area contributed by atoms with Crippen LogP contribution in [0.1, 0.15) is 6.92 Å². The molecule has 1 heterocycles. The van der Waals surface area contributed by atoms with Crippen molar-refractivity contribution >= 4 is 16.9 Å². The molecule has 0 saturated heterocycles. The van der Waals surface area contributed by atoms with E-state index in [1.54, 1.807) is 6.20 Å². The fourth-order valence-electron chi connectivity index (χ4n) is 1.32. The maximum Gasteiger partial charge on any atom is 0.145 e. The number of rotatable bonds is 3. The average molecular weight is 203 g/mol. The molecule has 0 aliphatic rings. The van der Waals surface area contributed by atoms with E-state index in [4.69, 9.17) is 5.11 Å². The van der Waals surface area contributed by atoms with Gasteiger partial charge in [-0.05, 0) is 19.1 Å². The number of fused-ring (bicyclic) bond motifs is 1. The zero-order valence-corrected chi connectivity index (χ0v) is 8.51. The highest BCUT2D eigenvalue weighted by Crippen LogP contribution is 2.11. The maximum atomic E-state index is 8.90. The fraction of sp³-hybridized carbons (Fsp3) is 0.273. The maximum absolute atomic E-state index is 8.90. The van der Waals surface area contributed by atoms with Crippen LogP contribution in [0.15, 0.2) is 30.5 Å². The second-order valence-corrected chi connectivity index (χ2v) is 3.47. The van der Waals surface area contributed by atoms with E-state index in [-0.39, 0.29) is 12.6 Å². The molecule has 0 saturated carbocycles. The fourth-order valence-corrected chi connectivity index (χ4v) is 1.32. The third kappa shape index (κ3) is 2.22. The van der Waals surface area contributed by atoms with Crippen LogP contribution >= 0.6 is 0 Å². The number of benzene rings is 1. The lowest BCUT2D eigenvalue weighted by molar-refractivity contribution is 0.281. The summed E-state index contributed by atoms with van der Waals surface area (Å²) in [6.07, 6.45) is 1.68. The Labute approximate surface area is 88.0 Å². The lowest BCUT2D eigenvalue weighted by Gasteiger charge is -2.11. The van der Waals surface area contributed by atoms with E-state index in [2.05, 4.69) is 15.3 Å². The summed E-state index contributed by atoms with van der Waals surface area (Å²) in [5, 5.41) is 12.0. The minimum Gasteiger partial charge on any atom is -0.394 e. The van der Waals surface area contributed by atoms with Crippen LogP contribution in [0, 0.1) is 0 Å². The molecule has 4 heteroatoms. The van der Waals surface area contributed by atoms with E-state index < -0.39 is 0 Å². The van der Waals surface area contributed by atoms with E-state index in [0.29, 0.717) is 5.82 Å². The van der Waals surface area contributed by atoms with Crippen LogP contribution in [0.25, 0.3) is 11.0 Å². The van der Waals surface area contributed by atoms with Gasteiger partial charge >= 0.3 is 0 Å². The zero-order valence-electron chi connectivity index (χ0n) is 8.51. The van der Waals surface area contributed by atoms with Crippen molar-refractivity contribution in [2.24, 2.45) is 0 Å². The molecule has 0 aliphatic carbocycles. The van der Waals surface area contributed by atoms with E-state index in [1.165, 1.54) is 0 Å². The minimum atomic E-state index is -0.0135. The van der Waals surface area contributed by atoms with E-state index in [0.717, 1.165) is 11.0 Å². The first-order valence-corrected chi connectivity index (χ1v) is 4.89. The Balaban J connectivity index is 2.30. The van der Waals surface area contributed by atoms with E-state index >= 15 is 0 Å². The van der Waals surface area contributed by atoms with Crippen molar-refractivity contribution in [2.45, 2.75) is 13.0 Å². The molecule has 15 heavy (non-hydrogen) atoms. The third-order valence-corrected chi connectivity index (χ3v) is 2.12. The summed E-state index contributed by atoms with van der Waals surface area (Å²) in [6.45, 7) is 1.96. The Morgan fingerprint density at radius 2 is 2.07 bits per heavy atom. The molecule has 2 aromatic rings. The molecule has 0 amide bonds. The van der Waals surface area contributed by atoms with Crippen molar-refractivity contribution in [3.63, 3.8) is 0 Å². The van der Waals surface area contributed by atoms with Gasteiger partial charge in [0.05, 0.1) is 23.8 Å². The number of hydrogen-bond acceptors (Lipinski definition) is 4. The average Bonchev–Trinajstić information content (AvgIpc) is 2.29. The molecule has 0 bridgehead atoms. The SMILES string of the molecule is CC(CO)Nc1cnc2ccccc2n1. The Bertz CT molecular complexity index is 458. The zero-order chi connectivity index (χ0) is 10.7. The normalized spacial score (nSPS) is 12.7. The number of aliphatic hydroxyl groups excluding tert-OH is 1. The van der Waals surface area contributed by atoms with Gasteiger partial charge in [0.1, 0.15) is 5.82 Å². The predicted molar refractivity (Wildman–Crippen MR) is 59.7 cm³/mol. The van der Waals surface area contributed by atoms with Gasteiger partial charge in [-0.25, -0.2) is 4.98 Å². The summed E-state index contributed by atoms with van der Waals surface area (Å²) >= 11 is 0. The number of hydrogen-bond donors (Lipinski definition) is 2. The Kier molecular flexibility index (Phi) is 2.78. The number of nitrogens with one attached hydrogen (secondary N) is 1. The molecule has 1 aromatic heterocycles. The molecule has 2 rings (SSSR count). The van der Waals surface area contributed by atoms with Crippen molar-refractivity contribution in [3.8, 4) is 0 Å². The largest absolute Gasteiger partial charge is 0.394 e. The molecule has 0 aliphatic heterocycles. The summed E-state index contributed by atoms with van der Waals surface area (Å²) in [4.78, 5) is 8.64. The van der Waals surface area contributed by atoms with Gasteiger partial charge in [-0.3, -0.25) is 4.98 Å². The molecule has 0 spiro atoms. The van der Waals surface area contributed by atoms with Crippen molar-refractivity contribution < 1.29 is 5.11 Å². The van der Waals surface area contributed by atoms with Gasteiger partial charge in [0.15, 0.2) is 0 Å². The van der Waals surface area contributed by atoms with Gasteiger partial charge in [-0.2, -0.15) is 0 Å². The molecule has 0 fully saturated rings. The van der Waals surface area contributed by atoms with Crippen LogP contribution in [0.4, 0.5) is 5.82 Å². The Morgan fingerprint density at radius 1 is 1.33 bits per heavy atom. The quantitative estimate of drug-likeness (QED) is 0.792. The smallest absolute Gasteiger partial charge is 0.145 e. The van der Waals surface area contributed by atoms with Gasteiger partial charge in [0.2, 0.25) is 0 Å². The highest BCUT2D eigenvalue weighted by atomic mass is 16.3. The predicted octanol–water partition coefficient (Wildman–Crippen LogP) is 1.42. The minimum absolute atomic E-state index is 0.0135. The molecular formula is C11H13N3O. The summed E-state index contributed by atoms with van der Waals surface area (Å²) in [5.41, 5.74) is 1.73. The van der Waals surface area contributed by atoms with Gasteiger partial charge in [-0.15, -0.1) is 0 Å².